The van der Waals surface area contributed by atoms with Gasteiger partial charge in [0.25, 0.3) is 5.91 Å². The number of sulfonamides is 1. The molecule has 1 aliphatic rings. The van der Waals surface area contributed by atoms with Gasteiger partial charge in [-0.05, 0) is 69.2 Å². The van der Waals surface area contributed by atoms with E-state index in [-0.39, 0.29) is 22.9 Å². The molecule has 1 aromatic rings. The summed E-state index contributed by atoms with van der Waals surface area (Å²) in [6.07, 6.45) is 5.03. The largest absolute Gasteiger partial charge is 0.349 e. The number of amides is 1. The Labute approximate surface area is 145 Å². The van der Waals surface area contributed by atoms with Crippen molar-refractivity contribution in [2.24, 2.45) is 5.92 Å². The first kappa shape index (κ1) is 18.9. The fourth-order valence-corrected chi connectivity index (χ4v) is 4.20. The van der Waals surface area contributed by atoms with Crippen LogP contribution in [0.4, 0.5) is 0 Å². The molecule has 1 fully saturated rings. The SMILES string of the molecule is CC[C@H](C)NS(=O)(=O)c1ccc(C(=O)NC2CCC(C)CC2)cc1. The van der Waals surface area contributed by atoms with Gasteiger partial charge in [-0.3, -0.25) is 4.79 Å². The summed E-state index contributed by atoms with van der Waals surface area (Å²) in [5, 5.41) is 3.05. The van der Waals surface area contributed by atoms with Crippen LogP contribution < -0.4 is 10.0 Å². The number of hydrogen-bond donors (Lipinski definition) is 2. The Kier molecular flexibility index (Phi) is 6.40. The van der Waals surface area contributed by atoms with Crippen LogP contribution in [0, 0.1) is 5.92 Å². The van der Waals surface area contributed by atoms with Crippen molar-refractivity contribution in [3.63, 3.8) is 0 Å². The highest BCUT2D eigenvalue weighted by atomic mass is 32.2. The Morgan fingerprint density at radius 1 is 1.17 bits per heavy atom. The van der Waals surface area contributed by atoms with Gasteiger partial charge in [0.15, 0.2) is 0 Å². The molecule has 1 saturated carbocycles. The third-order valence-corrected chi connectivity index (χ3v) is 6.35. The van der Waals surface area contributed by atoms with Gasteiger partial charge in [-0.2, -0.15) is 0 Å². The van der Waals surface area contributed by atoms with Crippen molar-refractivity contribution in [3.05, 3.63) is 29.8 Å². The molecule has 0 saturated heterocycles. The maximum atomic E-state index is 12.3. The standard InChI is InChI=1S/C18H28N2O3S/c1-4-14(3)20-24(22,23)17-11-7-15(8-12-17)18(21)19-16-9-5-13(2)6-10-16/h7-8,11-14,16,20H,4-6,9-10H2,1-3H3,(H,19,21)/t13?,14-,16?/m0/s1. The van der Waals surface area contributed by atoms with Crippen molar-refractivity contribution >= 4 is 15.9 Å². The van der Waals surface area contributed by atoms with Crippen LogP contribution in [0.5, 0.6) is 0 Å². The van der Waals surface area contributed by atoms with Gasteiger partial charge in [0.1, 0.15) is 0 Å². The van der Waals surface area contributed by atoms with Crippen molar-refractivity contribution in [1.82, 2.24) is 10.0 Å². The molecule has 1 amide bonds. The molecule has 0 aliphatic heterocycles. The van der Waals surface area contributed by atoms with Gasteiger partial charge in [0, 0.05) is 17.6 Å². The second-order valence-corrected chi connectivity index (χ2v) is 8.60. The molecule has 1 aliphatic carbocycles. The summed E-state index contributed by atoms with van der Waals surface area (Å²) in [4.78, 5) is 12.5. The summed E-state index contributed by atoms with van der Waals surface area (Å²) in [7, 11) is -3.53. The first-order chi connectivity index (χ1) is 11.3. The Hall–Kier alpha value is -1.40. The zero-order valence-electron chi connectivity index (χ0n) is 14.7. The van der Waals surface area contributed by atoms with Crippen molar-refractivity contribution in [3.8, 4) is 0 Å². The maximum absolute atomic E-state index is 12.3. The molecular formula is C18H28N2O3S. The predicted molar refractivity (Wildman–Crippen MR) is 95.4 cm³/mol. The van der Waals surface area contributed by atoms with Crippen LogP contribution in [0.25, 0.3) is 0 Å². The van der Waals surface area contributed by atoms with Gasteiger partial charge < -0.3 is 5.32 Å². The number of rotatable bonds is 6. The van der Waals surface area contributed by atoms with Crippen molar-refractivity contribution in [2.45, 2.75) is 69.9 Å². The summed E-state index contributed by atoms with van der Waals surface area (Å²) in [5.41, 5.74) is 0.496. The summed E-state index contributed by atoms with van der Waals surface area (Å²) in [6.45, 7) is 5.99. The minimum absolute atomic E-state index is 0.119. The molecule has 0 radical (unpaired) electrons. The third kappa shape index (κ3) is 5.05. The van der Waals surface area contributed by atoms with Gasteiger partial charge in [-0.1, -0.05) is 13.8 Å². The van der Waals surface area contributed by atoms with Gasteiger partial charge in [-0.15, -0.1) is 0 Å². The molecule has 1 aromatic carbocycles. The average Bonchev–Trinajstić information content (AvgIpc) is 2.56. The lowest BCUT2D eigenvalue weighted by Crippen LogP contribution is -2.37. The van der Waals surface area contributed by atoms with E-state index in [4.69, 9.17) is 0 Å². The molecule has 24 heavy (non-hydrogen) atoms. The number of nitrogens with one attached hydrogen (secondary N) is 2. The first-order valence-corrected chi connectivity index (χ1v) is 10.2. The highest BCUT2D eigenvalue weighted by molar-refractivity contribution is 7.89. The fourth-order valence-electron chi connectivity index (χ4n) is 2.87. The molecule has 0 aromatic heterocycles. The highest BCUT2D eigenvalue weighted by Gasteiger charge is 2.21. The lowest BCUT2D eigenvalue weighted by Gasteiger charge is -2.26. The molecule has 5 nitrogen and oxygen atoms in total. The molecule has 6 heteroatoms. The molecule has 0 unspecified atom stereocenters. The molecule has 0 heterocycles. The summed E-state index contributed by atoms with van der Waals surface area (Å²) in [6, 6.07) is 6.24. The van der Waals surface area contributed by atoms with E-state index in [0.717, 1.165) is 38.0 Å². The Morgan fingerprint density at radius 2 is 1.75 bits per heavy atom. The predicted octanol–water partition coefficient (Wildman–Crippen LogP) is 3.07. The van der Waals surface area contributed by atoms with E-state index in [0.29, 0.717) is 5.56 Å². The first-order valence-electron chi connectivity index (χ1n) is 8.75. The number of hydrogen-bond acceptors (Lipinski definition) is 3. The summed E-state index contributed by atoms with van der Waals surface area (Å²) < 4.78 is 27.0. The van der Waals surface area contributed by atoms with Crippen LogP contribution in [0.3, 0.4) is 0 Å². The van der Waals surface area contributed by atoms with Gasteiger partial charge in [0.2, 0.25) is 10.0 Å². The molecule has 2 N–H and O–H groups in total. The van der Waals surface area contributed by atoms with Gasteiger partial charge in [-0.25, -0.2) is 13.1 Å². The Bertz CT molecular complexity index is 647. The number of benzene rings is 1. The minimum Gasteiger partial charge on any atom is -0.349 e. The van der Waals surface area contributed by atoms with E-state index in [1.807, 2.05) is 13.8 Å². The van der Waals surface area contributed by atoms with Gasteiger partial charge >= 0.3 is 0 Å². The lowest BCUT2D eigenvalue weighted by atomic mass is 9.87. The second kappa shape index (κ2) is 8.12. The summed E-state index contributed by atoms with van der Waals surface area (Å²) >= 11 is 0. The van der Waals surface area contributed by atoms with Crippen LogP contribution >= 0.6 is 0 Å². The van der Waals surface area contributed by atoms with E-state index in [2.05, 4.69) is 17.0 Å². The molecule has 2 rings (SSSR count). The summed E-state index contributed by atoms with van der Waals surface area (Å²) in [5.74, 6) is 0.606. The lowest BCUT2D eigenvalue weighted by molar-refractivity contribution is 0.0923. The van der Waals surface area contributed by atoms with Crippen LogP contribution in [-0.4, -0.2) is 26.4 Å². The molecule has 0 bridgehead atoms. The van der Waals surface area contributed by atoms with Crippen molar-refractivity contribution < 1.29 is 13.2 Å². The van der Waals surface area contributed by atoms with Crippen molar-refractivity contribution in [1.29, 1.82) is 0 Å². The molecular weight excluding hydrogens is 324 g/mol. The monoisotopic (exact) mass is 352 g/mol. The van der Waals surface area contributed by atoms with Crippen LogP contribution in [0.2, 0.25) is 0 Å². The number of carbonyl (C=O) groups is 1. The van der Waals surface area contributed by atoms with E-state index in [1.165, 1.54) is 12.1 Å². The van der Waals surface area contributed by atoms with E-state index < -0.39 is 10.0 Å². The van der Waals surface area contributed by atoms with E-state index in [1.54, 1.807) is 12.1 Å². The topological polar surface area (TPSA) is 75.3 Å². The fraction of sp³-hybridized carbons (Fsp3) is 0.611. The zero-order valence-corrected chi connectivity index (χ0v) is 15.5. The number of carbonyl (C=O) groups excluding carboxylic acids is 1. The third-order valence-electron chi connectivity index (χ3n) is 4.75. The van der Waals surface area contributed by atoms with Crippen LogP contribution in [0.1, 0.15) is 63.2 Å². The smallest absolute Gasteiger partial charge is 0.251 e. The highest BCUT2D eigenvalue weighted by Crippen LogP contribution is 2.23. The minimum atomic E-state index is -3.53. The Morgan fingerprint density at radius 3 is 2.29 bits per heavy atom. The molecule has 1 atom stereocenters. The second-order valence-electron chi connectivity index (χ2n) is 6.89. The van der Waals surface area contributed by atoms with Gasteiger partial charge in [0.05, 0.1) is 4.90 Å². The maximum Gasteiger partial charge on any atom is 0.251 e. The Balaban J connectivity index is 1.99. The van der Waals surface area contributed by atoms with Crippen LogP contribution in [-0.2, 0) is 10.0 Å². The average molecular weight is 353 g/mol. The zero-order chi connectivity index (χ0) is 17.7. The normalized spacial score (nSPS) is 22.8. The van der Waals surface area contributed by atoms with Crippen molar-refractivity contribution in [2.75, 3.05) is 0 Å². The molecule has 0 spiro atoms. The van der Waals surface area contributed by atoms with E-state index in [9.17, 15) is 13.2 Å². The quantitative estimate of drug-likeness (QED) is 0.826. The van der Waals surface area contributed by atoms with Crippen LogP contribution in [0.15, 0.2) is 29.2 Å². The van der Waals surface area contributed by atoms with E-state index >= 15 is 0 Å². The molecule has 134 valence electrons.